The van der Waals surface area contributed by atoms with Crippen molar-refractivity contribution in [3.05, 3.63) is 0 Å². The number of carbonyl (C=O) groups excluding carboxylic acids is 2. The van der Waals surface area contributed by atoms with Crippen molar-refractivity contribution in [2.45, 2.75) is 53.4 Å². The van der Waals surface area contributed by atoms with Gasteiger partial charge in [-0.1, -0.05) is 20.8 Å². The Morgan fingerprint density at radius 1 is 1.00 bits per heavy atom. The van der Waals surface area contributed by atoms with Crippen LogP contribution in [0.2, 0.25) is 0 Å². The van der Waals surface area contributed by atoms with Crippen LogP contribution in [0.1, 0.15) is 53.4 Å². The lowest BCUT2D eigenvalue weighted by Crippen LogP contribution is -2.19. The molecule has 0 aromatic carbocycles. The summed E-state index contributed by atoms with van der Waals surface area (Å²) in [4.78, 5) is 22.0. The Morgan fingerprint density at radius 2 is 1.46 bits per heavy atom. The molecule has 0 aromatic rings. The molecular weight excluding hydrogens is 164 g/mol. The quantitative estimate of drug-likeness (QED) is 0.616. The Morgan fingerprint density at radius 3 is 1.85 bits per heavy atom. The van der Waals surface area contributed by atoms with E-state index in [0.29, 0.717) is 12.8 Å². The van der Waals surface area contributed by atoms with Crippen molar-refractivity contribution in [1.82, 2.24) is 0 Å². The maximum atomic E-state index is 11.4. The lowest BCUT2D eigenvalue weighted by Gasteiger charge is -2.15. The minimum Gasteiger partial charge on any atom is -0.300 e. The van der Waals surface area contributed by atoms with Crippen LogP contribution in [-0.4, -0.2) is 11.6 Å². The second kappa shape index (κ2) is 5.15. The van der Waals surface area contributed by atoms with Gasteiger partial charge in [-0.3, -0.25) is 4.79 Å². The van der Waals surface area contributed by atoms with Crippen molar-refractivity contribution >= 4 is 11.6 Å². The highest BCUT2D eigenvalue weighted by Crippen LogP contribution is 2.18. The van der Waals surface area contributed by atoms with Gasteiger partial charge in [0.05, 0.1) is 0 Å². The van der Waals surface area contributed by atoms with E-state index >= 15 is 0 Å². The monoisotopic (exact) mass is 184 g/mol. The molecule has 0 aliphatic heterocycles. The maximum Gasteiger partial charge on any atom is 0.138 e. The molecule has 0 N–H and O–H groups in total. The zero-order chi connectivity index (χ0) is 10.5. The fourth-order valence-corrected chi connectivity index (χ4v) is 1.03. The molecular formula is C11H20O2. The van der Waals surface area contributed by atoms with Crippen LogP contribution in [0.15, 0.2) is 0 Å². The number of rotatable bonds is 5. The molecule has 0 atom stereocenters. The minimum atomic E-state index is -0.226. The van der Waals surface area contributed by atoms with Crippen LogP contribution < -0.4 is 0 Å². The first-order chi connectivity index (χ1) is 5.84. The van der Waals surface area contributed by atoms with E-state index in [9.17, 15) is 9.59 Å². The third kappa shape index (κ3) is 6.50. The highest BCUT2D eigenvalue weighted by Gasteiger charge is 2.19. The lowest BCUT2D eigenvalue weighted by atomic mass is 9.88. The normalized spacial score (nSPS) is 11.4. The number of unbranched alkanes of at least 4 members (excludes halogenated alkanes) is 1. The summed E-state index contributed by atoms with van der Waals surface area (Å²) < 4.78 is 0. The summed E-state index contributed by atoms with van der Waals surface area (Å²) >= 11 is 0. The molecule has 0 spiro atoms. The average Bonchev–Trinajstić information content (AvgIpc) is 1.95. The van der Waals surface area contributed by atoms with Gasteiger partial charge in [-0.25, -0.2) is 0 Å². The van der Waals surface area contributed by atoms with Crippen LogP contribution >= 0.6 is 0 Å². The summed E-state index contributed by atoms with van der Waals surface area (Å²) in [5, 5.41) is 0. The molecule has 0 amide bonds. The fourth-order valence-electron chi connectivity index (χ4n) is 1.03. The highest BCUT2D eigenvalue weighted by molar-refractivity contribution is 5.83. The van der Waals surface area contributed by atoms with E-state index in [-0.39, 0.29) is 17.0 Å². The van der Waals surface area contributed by atoms with Gasteiger partial charge < -0.3 is 4.79 Å². The predicted molar refractivity (Wildman–Crippen MR) is 53.6 cm³/mol. The molecule has 76 valence electrons. The van der Waals surface area contributed by atoms with Gasteiger partial charge in [0, 0.05) is 18.3 Å². The number of Topliss-reactive ketones (excluding diaryl/α,β-unsaturated/α-hetero) is 2. The SMILES string of the molecule is CC(=O)CCCCC(=O)C(C)(C)C. The van der Waals surface area contributed by atoms with Crippen molar-refractivity contribution in [1.29, 1.82) is 0 Å². The van der Waals surface area contributed by atoms with Gasteiger partial charge in [0.1, 0.15) is 11.6 Å². The van der Waals surface area contributed by atoms with E-state index in [1.54, 1.807) is 6.92 Å². The zero-order valence-electron chi connectivity index (χ0n) is 9.14. The van der Waals surface area contributed by atoms with E-state index < -0.39 is 0 Å². The summed E-state index contributed by atoms with van der Waals surface area (Å²) in [5.41, 5.74) is -0.226. The maximum absolute atomic E-state index is 11.4. The second-order valence-corrected chi connectivity index (χ2v) is 4.58. The molecule has 0 bridgehead atoms. The smallest absolute Gasteiger partial charge is 0.138 e. The summed E-state index contributed by atoms with van der Waals surface area (Å²) in [6, 6.07) is 0. The summed E-state index contributed by atoms with van der Waals surface area (Å²) in [6.45, 7) is 7.38. The van der Waals surface area contributed by atoms with Gasteiger partial charge >= 0.3 is 0 Å². The van der Waals surface area contributed by atoms with E-state index in [2.05, 4.69) is 0 Å². The lowest BCUT2D eigenvalue weighted by molar-refractivity contribution is -0.126. The topological polar surface area (TPSA) is 34.1 Å². The Kier molecular flexibility index (Phi) is 4.89. The van der Waals surface area contributed by atoms with Crippen LogP contribution in [0, 0.1) is 5.41 Å². The standard InChI is InChI=1S/C11H20O2/c1-9(12)7-5-6-8-10(13)11(2,3)4/h5-8H2,1-4H3. The molecule has 0 aliphatic carbocycles. The fraction of sp³-hybridized carbons (Fsp3) is 0.818. The molecule has 0 unspecified atom stereocenters. The Bertz CT molecular complexity index is 187. The number of carbonyl (C=O) groups is 2. The van der Waals surface area contributed by atoms with E-state index in [1.165, 1.54) is 0 Å². The average molecular weight is 184 g/mol. The first-order valence-electron chi connectivity index (χ1n) is 4.87. The predicted octanol–water partition coefficient (Wildman–Crippen LogP) is 2.75. The molecule has 0 heterocycles. The van der Waals surface area contributed by atoms with Crippen molar-refractivity contribution in [3.63, 3.8) is 0 Å². The van der Waals surface area contributed by atoms with E-state index in [0.717, 1.165) is 12.8 Å². The summed E-state index contributed by atoms with van der Waals surface area (Å²) in [5.74, 6) is 0.499. The van der Waals surface area contributed by atoms with Crippen LogP contribution in [-0.2, 0) is 9.59 Å². The van der Waals surface area contributed by atoms with Gasteiger partial charge in [0.25, 0.3) is 0 Å². The summed E-state index contributed by atoms with van der Waals surface area (Å²) in [6.07, 6.45) is 2.90. The van der Waals surface area contributed by atoms with Crippen molar-refractivity contribution in [2.75, 3.05) is 0 Å². The summed E-state index contributed by atoms with van der Waals surface area (Å²) in [7, 11) is 0. The Balaban J connectivity index is 3.55. The third-order valence-corrected chi connectivity index (χ3v) is 2.02. The molecule has 0 fully saturated rings. The van der Waals surface area contributed by atoms with Gasteiger partial charge in [0.2, 0.25) is 0 Å². The van der Waals surface area contributed by atoms with Crippen LogP contribution in [0.25, 0.3) is 0 Å². The Labute approximate surface area is 80.7 Å². The van der Waals surface area contributed by atoms with E-state index in [1.807, 2.05) is 20.8 Å². The second-order valence-electron chi connectivity index (χ2n) is 4.58. The van der Waals surface area contributed by atoms with Gasteiger partial charge in [-0.2, -0.15) is 0 Å². The number of hydrogen-bond donors (Lipinski definition) is 0. The molecule has 2 nitrogen and oxygen atoms in total. The Hall–Kier alpha value is -0.660. The molecule has 2 heteroatoms. The van der Waals surface area contributed by atoms with Gasteiger partial charge in [0.15, 0.2) is 0 Å². The molecule has 0 aromatic heterocycles. The van der Waals surface area contributed by atoms with Gasteiger partial charge in [-0.15, -0.1) is 0 Å². The first kappa shape index (κ1) is 12.3. The number of ketones is 2. The first-order valence-corrected chi connectivity index (χ1v) is 4.87. The van der Waals surface area contributed by atoms with Crippen molar-refractivity contribution in [2.24, 2.45) is 5.41 Å². The molecule has 0 saturated heterocycles. The van der Waals surface area contributed by atoms with Crippen LogP contribution in [0.3, 0.4) is 0 Å². The largest absolute Gasteiger partial charge is 0.300 e. The minimum absolute atomic E-state index is 0.211. The molecule has 0 rings (SSSR count). The molecule has 13 heavy (non-hydrogen) atoms. The number of hydrogen-bond acceptors (Lipinski definition) is 2. The zero-order valence-corrected chi connectivity index (χ0v) is 9.14. The highest BCUT2D eigenvalue weighted by atomic mass is 16.1. The van der Waals surface area contributed by atoms with Crippen molar-refractivity contribution in [3.8, 4) is 0 Å². The van der Waals surface area contributed by atoms with Crippen LogP contribution in [0.4, 0.5) is 0 Å². The molecule has 0 aliphatic rings. The third-order valence-electron chi connectivity index (χ3n) is 2.02. The molecule has 0 saturated carbocycles. The molecule has 0 radical (unpaired) electrons. The van der Waals surface area contributed by atoms with Crippen LogP contribution in [0.5, 0.6) is 0 Å². The van der Waals surface area contributed by atoms with Gasteiger partial charge in [-0.05, 0) is 19.8 Å². The van der Waals surface area contributed by atoms with E-state index in [4.69, 9.17) is 0 Å². The van der Waals surface area contributed by atoms with Crippen molar-refractivity contribution < 1.29 is 9.59 Å².